The van der Waals surface area contributed by atoms with Gasteiger partial charge in [-0.05, 0) is 30.7 Å². The number of aryl methyl sites for hydroxylation is 1. The SMILES string of the molecule is Cc1ccn(Cc2cccc(Cl)n2)c(=O)c1. The summed E-state index contributed by atoms with van der Waals surface area (Å²) in [5.41, 5.74) is 1.71. The van der Waals surface area contributed by atoms with Gasteiger partial charge in [-0.15, -0.1) is 0 Å². The van der Waals surface area contributed by atoms with Crippen molar-refractivity contribution in [3.8, 4) is 0 Å². The van der Waals surface area contributed by atoms with Crippen molar-refractivity contribution in [2.45, 2.75) is 13.5 Å². The van der Waals surface area contributed by atoms with Crippen LogP contribution in [0, 0.1) is 6.92 Å². The summed E-state index contributed by atoms with van der Waals surface area (Å²) in [7, 11) is 0. The number of hydrogen-bond donors (Lipinski definition) is 0. The van der Waals surface area contributed by atoms with E-state index < -0.39 is 0 Å². The van der Waals surface area contributed by atoms with Crippen LogP contribution in [0.1, 0.15) is 11.3 Å². The summed E-state index contributed by atoms with van der Waals surface area (Å²) in [6.45, 7) is 2.34. The van der Waals surface area contributed by atoms with E-state index in [1.165, 1.54) is 0 Å². The summed E-state index contributed by atoms with van der Waals surface area (Å²) in [5.74, 6) is 0. The molecule has 0 unspecified atom stereocenters. The highest BCUT2D eigenvalue weighted by Gasteiger charge is 1.99. The molecule has 2 aromatic rings. The van der Waals surface area contributed by atoms with Crippen molar-refractivity contribution in [1.82, 2.24) is 9.55 Å². The highest BCUT2D eigenvalue weighted by atomic mass is 35.5. The third-order valence-electron chi connectivity index (χ3n) is 2.26. The van der Waals surface area contributed by atoms with Gasteiger partial charge < -0.3 is 4.57 Å². The van der Waals surface area contributed by atoms with E-state index in [2.05, 4.69) is 4.98 Å². The highest BCUT2D eigenvalue weighted by Crippen LogP contribution is 2.05. The van der Waals surface area contributed by atoms with Crippen LogP contribution in [0.25, 0.3) is 0 Å². The number of nitrogens with zero attached hydrogens (tertiary/aromatic N) is 2. The first-order valence-electron chi connectivity index (χ1n) is 4.94. The second-order valence-corrected chi connectivity index (χ2v) is 4.01. The molecule has 16 heavy (non-hydrogen) atoms. The van der Waals surface area contributed by atoms with Crippen LogP contribution in [0.4, 0.5) is 0 Å². The second-order valence-electron chi connectivity index (χ2n) is 3.62. The summed E-state index contributed by atoms with van der Waals surface area (Å²) >= 11 is 5.78. The zero-order valence-electron chi connectivity index (χ0n) is 8.85. The van der Waals surface area contributed by atoms with Crippen LogP contribution in [-0.4, -0.2) is 9.55 Å². The highest BCUT2D eigenvalue weighted by molar-refractivity contribution is 6.29. The maximum atomic E-state index is 11.6. The Kier molecular flexibility index (Phi) is 3.06. The van der Waals surface area contributed by atoms with E-state index >= 15 is 0 Å². The summed E-state index contributed by atoms with van der Waals surface area (Å²) in [4.78, 5) is 15.8. The van der Waals surface area contributed by atoms with E-state index in [1.54, 1.807) is 22.9 Å². The Morgan fingerprint density at radius 3 is 2.88 bits per heavy atom. The average molecular weight is 235 g/mol. The lowest BCUT2D eigenvalue weighted by atomic mass is 10.3. The van der Waals surface area contributed by atoms with Gasteiger partial charge in [0, 0.05) is 12.3 Å². The van der Waals surface area contributed by atoms with Crippen molar-refractivity contribution in [2.24, 2.45) is 0 Å². The van der Waals surface area contributed by atoms with Crippen molar-refractivity contribution >= 4 is 11.6 Å². The van der Waals surface area contributed by atoms with Gasteiger partial charge in [-0.2, -0.15) is 0 Å². The zero-order valence-corrected chi connectivity index (χ0v) is 9.61. The monoisotopic (exact) mass is 234 g/mol. The fourth-order valence-electron chi connectivity index (χ4n) is 1.45. The second kappa shape index (κ2) is 4.49. The van der Waals surface area contributed by atoms with E-state index in [0.717, 1.165) is 11.3 Å². The van der Waals surface area contributed by atoms with Gasteiger partial charge in [-0.25, -0.2) is 4.98 Å². The Balaban J connectivity index is 2.31. The fourth-order valence-corrected chi connectivity index (χ4v) is 1.63. The third-order valence-corrected chi connectivity index (χ3v) is 2.47. The molecule has 0 aliphatic heterocycles. The van der Waals surface area contributed by atoms with E-state index in [1.807, 2.05) is 25.1 Å². The summed E-state index contributed by atoms with van der Waals surface area (Å²) < 4.78 is 1.60. The first-order valence-corrected chi connectivity index (χ1v) is 5.31. The van der Waals surface area contributed by atoms with E-state index in [4.69, 9.17) is 11.6 Å². The first-order chi connectivity index (χ1) is 7.65. The molecule has 2 aromatic heterocycles. The lowest BCUT2D eigenvalue weighted by molar-refractivity contribution is 0.737. The van der Waals surface area contributed by atoms with Gasteiger partial charge in [-0.3, -0.25) is 4.79 Å². The molecule has 0 aliphatic carbocycles. The molecule has 0 amide bonds. The minimum atomic E-state index is -0.0261. The number of aromatic nitrogens is 2. The van der Waals surface area contributed by atoms with Crippen molar-refractivity contribution in [2.75, 3.05) is 0 Å². The molecule has 0 aliphatic rings. The molecule has 0 fully saturated rings. The smallest absolute Gasteiger partial charge is 0.251 e. The van der Waals surface area contributed by atoms with Gasteiger partial charge in [0.25, 0.3) is 5.56 Å². The lowest BCUT2D eigenvalue weighted by Crippen LogP contribution is -2.19. The molecule has 0 aromatic carbocycles. The van der Waals surface area contributed by atoms with Gasteiger partial charge in [0.15, 0.2) is 0 Å². The van der Waals surface area contributed by atoms with Gasteiger partial charge in [0.1, 0.15) is 5.15 Å². The molecule has 82 valence electrons. The molecular formula is C12H11ClN2O. The van der Waals surface area contributed by atoms with Crippen molar-refractivity contribution in [3.05, 3.63) is 63.3 Å². The Bertz CT molecular complexity index is 563. The average Bonchev–Trinajstić information content (AvgIpc) is 2.22. The number of rotatable bonds is 2. The molecule has 2 rings (SSSR count). The Labute approximate surface area is 98.3 Å². The molecule has 0 bridgehead atoms. The third kappa shape index (κ3) is 2.49. The molecule has 0 spiro atoms. The van der Waals surface area contributed by atoms with Crippen molar-refractivity contribution < 1.29 is 0 Å². The number of pyridine rings is 2. The molecule has 0 N–H and O–H groups in total. The maximum Gasteiger partial charge on any atom is 0.251 e. The topological polar surface area (TPSA) is 34.9 Å². The largest absolute Gasteiger partial charge is 0.310 e. The normalized spacial score (nSPS) is 10.4. The summed E-state index contributed by atoms with van der Waals surface area (Å²) in [6, 6.07) is 8.88. The quantitative estimate of drug-likeness (QED) is 0.747. The Morgan fingerprint density at radius 2 is 2.19 bits per heavy atom. The minimum Gasteiger partial charge on any atom is -0.310 e. The molecule has 0 radical (unpaired) electrons. The molecule has 2 heterocycles. The minimum absolute atomic E-state index is 0.0261. The van der Waals surface area contributed by atoms with Crippen LogP contribution in [0.5, 0.6) is 0 Å². The summed E-state index contributed by atoms with van der Waals surface area (Å²) in [6.07, 6.45) is 1.76. The van der Waals surface area contributed by atoms with E-state index in [-0.39, 0.29) is 5.56 Å². The predicted octanol–water partition coefficient (Wildman–Crippen LogP) is 2.25. The van der Waals surface area contributed by atoms with Crippen LogP contribution in [-0.2, 0) is 6.54 Å². The van der Waals surface area contributed by atoms with Crippen LogP contribution in [0.3, 0.4) is 0 Å². The Morgan fingerprint density at radius 1 is 1.38 bits per heavy atom. The zero-order chi connectivity index (χ0) is 11.5. The summed E-state index contributed by atoms with van der Waals surface area (Å²) in [5, 5.41) is 0.442. The molecule has 0 saturated carbocycles. The van der Waals surface area contributed by atoms with E-state index in [0.29, 0.717) is 11.7 Å². The van der Waals surface area contributed by atoms with Gasteiger partial charge in [0.2, 0.25) is 0 Å². The molecule has 4 heteroatoms. The van der Waals surface area contributed by atoms with Crippen LogP contribution < -0.4 is 5.56 Å². The van der Waals surface area contributed by atoms with Crippen LogP contribution in [0.2, 0.25) is 5.15 Å². The predicted molar refractivity (Wildman–Crippen MR) is 63.8 cm³/mol. The van der Waals surface area contributed by atoms with Crippen LogP contribution in [0.15, 0.2) is 41.3 Å². The van der Waals surface area contributed by atoms with E-state index in [9.17, 15) is 4.79 Å². The molecule has 3 nitrogen and oxygen atoms in total. The van der Waals surface area contributed by atoms with Gasteiger partial charge in [0.05, 0.1) is 12.2 Å². The molecule has 0 atom stereocenters. The standard InChI is InChI=1S/C12H11ClN2O/c1-9-5-6-15(12(16)7-9)8-10-3-2-4-11(13)14-10/h2-7H,8H2,1H3. The molecule has 0 saturated heterocycles. The van der Waals surface area contributed by atoms with Gasteiger partial charge in [-0.1, -0.05) is 17.7 Å². The maximum absolute atomic E-state index is 11.6. The molecular weight excluding hydrogens is 224 g/mol. The van der Waals surface area contributed by atoms with Crippen LogP contribution >= 0.6 is 11.6 Å². The Hall–Kier alpha value is -1.61. The number of halogens is 1. The fraction of sp³-hybridized carbons (Fsp3) is 0.167. The lowest BCUT2D eigenvalue weighted by Gasteiger charge is -2.05. The number of hydrogen-bond acceptors (Lipinski definition) is 2. The van der Waals surface area contributed by atoms with Gasteiger partial charge >= 0.3 is 0 Å². The van der Waals surface area contributed by atoms with Crippen molar-refractivity contribution in [3.63, 3.8) is 0 Å². The van der Waals surface area contributed by atoms with Crippen molar-refractivity contribution in [1.29, 1.82) is 0 Å². The first kappa shape index (κ1) is 10.9.